The van der Waals surface area contributed by atoms with E-state index < -0.39 is 0 Å². The van der Waals surface area contributed by atoms with E-state index in [1.165, 1.54) is 6.07 Å². The quantitative estimate of drug-likeness (QED) is 0.868. The predicted octanol–water partition coefficient (Wildman–Crippen LogP) is 4.60. The minimum absolute atomic E-state index is 0.260. The van der Waals surface area contributed by atoms with E-state index in [1.54, 1.807) is 12.1 Å². The van der Waals surface area contributed by atoms with Gasteiger partial charge in [0.05, 0.1) is 12.3 Å². The first-order chi connectivity index (χ1) is 9.19. The van der Waals surface area contributed by atoms with Crippen LogP contribution in [0.1, 0.15) is 12.5 Å². The van der Waals surface area contributed by atoms with Crippen molar-refractivity contribution >= 4 is 21.6 Å². The molecule has 0 amide bonds. The summed E-state index contributed by atoms with van der Waals surface area (Å²) in [6, 6.07) is 12.6. The van der Waals surface area contributed by atoms with Crippen molar-refractivity contribution in [2.45, 2.75) is 13.5 Å². The fourth-order valence-electron chi connectivity index (χ4n) is 1.74. The number of benzene rings is 2. The summed E-state index contributed by atoms with van der Waals surface area (Å²) < 4.78 is 19.8. The summed E-state index contributed by atoms with van der Waals surface area (Å²) in [4.78, 5) is 0. The van der Waals surface area contributed by atoms with Gasteiger partial charge < -0.3 is 10.1 Å². The van der Waals surface area contributed by atoms with Crippen LogP contribution < -0.4 is 10.1 Å². The molecule has 0 bridgehead atoms. The van der Waals surface area contributed by atoms with Gasteiger partial charge >= 0.3 is 0 Å². The Bertz CT molecular complexity index is 560. The number of anilines is 1. The van der Waals surface area contributed by atoms with Crippen molar-refractivity contribution in [1.82, 2.24) is 0 Å². The lowest BCUT2D eigenvalue weighted by atomic mass is 10.2. The summed E-state index contributed by atoms with van der Waals surface area (Å²) in [5.74, 6) is 0.570. The molecule has 2 aromatic rings. The Kier molecular flexibility index (Phi) is 4.80. The highest BCUT2D eigenvalue weighted by Gasteiger charge is 2.03. The Balaban J connectivity index is 2.05. The lowest BCUT2D eigenvalue weighted by Crippen LogP contribution is -2.02. The molecule has 0 spiro atoms. The number of hydrogen-bond acceptors (Lipinski definition) is 2. The maximum Gasteiger partial charge on any atom is 0.146 e. The summed E-state index contributed by atoms with van der Waals surface area (Å²) in [6.07, 6.45) is 0. The number of hydrogen-bond donors (Lipinski definition) is 1. The molecule has 2 aromatic carbocycles. The molecule has 0 saturated carbocycles. The van der Waals surface area contributed by atoms with E-state index >= 15 is 0 Å². The van der Waals surface area contributed by atoms with E-state index in [9.17, 15) is 4.39 Å². The van der Waals surface area contributed by atoms with Crippen molar-refractivity contribution in [1.29, 1.82) is 0 Å². The molecule has 100 valence electrons. The van der Waals surface area contributed by atoms with Gasteiger partial charge in [0.25, 0.3) is 0 Å². The third kappa shape index (κ3) is 3.96. The molecule has 0 aliphatic heterocycles. The number of ether oxygens (including phenoxy) is 1. The van der Waals surface area contributed by atoms with Gasteiger partial charge in [-0.3, -0.25) is 0 Å². The van der Waals surface area contributed by atoms with Crippen molar-refractivity contribution < 1.29 is 9.13 Å². The zero-order valence-corrected chi connectivity index (χ0v) is 12.2. The van der Waals surface area contributed by atoms with Crippen LogP contribution in [0.3, 0.4) is 0 Å². The average Bonchev–Trinajstić information content (AvgIpc) is 2.41. The number of nitrogens with one attached hydrogen (secondary N) is 1. The Labute approximate surface area is 120 Å². The van der Waals surface area contributed by atoms with Crippen LogP contribution in [0, 0.1) is 5.82 Å². The first-order valence-electron chi connectivity index (χ1n) is 6.09. The first kappa shape index (κ1) is 13.9. The number of halogens is 2. The molecule has 0 fully saturated rings. The van der Waals surface area contributed by atoms with Gasteiger partial charge in [-0.05, 0) is 42.8 Å². The molecular weight excluding hydrogens is 309 g/mol. The van der Waals surface area contributed by atoms with Gasteiger partial charge in [0, 0.05) is 11.0 Å². The van der Waals surface area contributed by atoms with Crippen LogP contribution in [0.5, 0.6) is 5.75 Å². The fraction of sp³-hybridized carbons (Fsp3) is 0.200. The highest BCUT2D eigenvalue weighted by atomic mass is 79.9. The molecule has 2 nitrogen and oxygen atoms in total. The molecule has 4 heteroatoms. The predicted molar refractivity (Wildman–Crippen MR) is 79.0 cm³/mol. The first-order valence-corrected chi connectivity index (χ1v) is 6.89. The van der Waals surface area contributed by atoms with E-state index in [0.29, 0.717) is 18.8 Å². The van der Waals surface area contributed by atoms with Crippen LogP contribution in [-0.2, 0) is 6.54 Å². The van der Waals surface area contributed by atoms with Crippen LogP contribution in [0.15, 0.2) is 46.9 Å². The van der Waals surface area contributed by atoms with Crippen LogP contribution in [0.2, 0.25) is 0 Å². The smallest absolute Gasteiger partial charge is 0.146 e. The summed E-state index contributed by atoms with van der Waals surface area (Å²) >= 11 is 3.33. The van der Waals surface area contributed by atoms with E-state index in [-0.39, 0.29) is 5.82 Å². The summed E-state index contributed by atoms with van der Waals surface area (Å²) in [5, 5.41) is 3.08. The maximum absolute atomic E-state index is 13.6. The maximum atomic E-state index is 13.6. The SMILES string of the molecule is CCOc1cccc(CNc2cc(Br)ccc2F)c1. The number of rotatable bonds is 5. The summed E-state index contributed by atoms with van der Waals surface area (Å²) in [7, 11) is 0. The molecule has 19 heavy (non-hydrogen) atoms. The van der Waals surface area contributed by atoms with Crippen LogP contribution in [-0.4, -0.2) is 6.61 Å². The van der Waals surface area contributed by atoms with Crippen LogP contribution >= 0.6 is 15.9 Å². The Morgan fingerprint density at radius 2 is 2.05 bits per heavy atom. The lowest BCUT2D eigenvalue weighted by molar-refractivity contribution is 0.340. The Morgan fingerprint density at radius 3 is 2.84 bits per heavy atom. The second kappa shape index (κ2) is 6.57. The summed E-state index contributed by atoms with van der Waals surface area (Å²) in [5.41, 5.74) is 1.53. The second-order valence-corrected chi connectivity index (χ2v) is 4.97. The average molecular weight is 324 g/mol. The fourth-order valence-corrected chi connectivity index (χ4v) is 2.10. The van der Waals surface area contributed by atoms with E-state index in [0.717, 1.165) is 15.8 Å². The second-order valence-electron chi connectivity index (χ2n) is 4.06. The molecule has 0 aliphatic carbocycles. The van der Waals surface area contributed by atoms with Crippen molar-refractivity contribution in [2.75, 3.05) is 11.9 Å². The molecule has 0 radical (unpaired) electrons. The topological polar surface area (TPSA) is 21.3 Å². The van der Waals surface area contributed by atoms with E-state index in [2.05, 4.69) is 21.2 Å². The van der Waals surface area contributed by atoms with E-state index in [1.807, 2.05) is 31.2 Å². The van der Waals surface area contributed by atoms with Gasteiger partial charge in [-0.1, -0.05) is 28.1 Å². The van der Waals surface area contributed by atoms with Gasteiger partial charge in [-0.15, -0.1) is 0 Å². The molecule has 0 heterocycles. The van der Waals surface area contributed by atoms with Crippen molar-refractivity contribution in [3.8, 4) is 5.75 Å². The Morgan fingerprint density at radius 1 is 1.21 bits per heavy atom. The third-order valence-corrected chi connectivity index (χ3v) is 3.11. The minimum atomic E-state index is -0.260. The van der Waals surface area contributed by atoms with Gasteiger partial charge in [0.2, 0.25) is 0 Å². The highest BCUT2D eigenvalue weighted by Crippen LogP contribution is 2.21. The van der Waals surface area contributed by atoms with Crippen molar-refractivity contribution in [2.24, 2.45) is 0 Å². The Hall–Kier alpha value is -1.55. The normalized spacial score (nSPS) is 10.3. The van der Waals surface area contributed by atoms with E-state index in [4.69, 9.17) is 4.74 Å². The van der Waals surface area contributed by atoms with Gasteiger partial charge in [0.15, 0.2) is 0 Å². The lowest BCUT2D eigenvalue weighted by Gasteiger charge is -2.09. The molecule has 2 rings (SSSR count). The molecule has 0 unspecified atom stereocenters. The molecule has 0 saturated heterocycles. The molecule has 0 atom stereocenters. The van der Waals surface area contributed by atoms with Crippen LogP contribution in [0.4, 0.5) is 10.1 Å². The summed E-state index contributed by atoms with van der Waals surface area (Å²) in [6.45, 7) is 3.13. The third-order valence-electron chi connectivity index (χ3n) is 2.62. The zero-order chi connectivity index (χ0) is 13.7. The molecule has 0 aliphatic rings. The van der Waals surface area contributed by atoms with Gasteiger partial charge in [0.1, 0.15) is 11.6 Å². The van der Waals surface area contributed by atoms with Crippen LogP contribution in [0.25, 0.3) is 0 Å². The zero-order valence-electron chi connectivity index (χ0n) is 10.6. The van der Waals surface area contributed by atoms with Crippen molar-refractivity contribution in [3.05, 3.63) is 58.3 Å². The molecule has 0 aromatic heterocycles. The monoisotopic (exact) mass is 323 g/mol. The van der Waals surface area contributed by atoms with Gasteiger partial charge in [-0.2, -0.15) is 0 Å². The molecular formula is C15H15BrFNO. The largest absolute Gasteiger partial charge is 0.494 e. The molecule has 1 N–H and O–H groups in total. The highest BCUT2D eigenvalue weighted by molar-refractivity contribution is 9.10. The van der Waals surface area contributed by atoms with Crippen molar-refractivity contribution in [3.63, 3.8) is 0 Å². The standard InChI is InChI=1S/C15H15BrFNO/c1-2-19-13-5-3-4-11(8-13)10-18-15-9-12(16)6-7-14(15)17/h3-9,18H,2,10H2,1H3. The minimum Gasteiger partial charge on any atom is -0.494 e. The van der Waals surface area contributed by atoms with Gasteiger partial charge in [-0.25, -0.2) is 4.39 Å².